The van der Waals surface area contributed by atoms with E-state index in [1.807, 2.05) is 0 Å². The lowest BCUT2D eigenvalue weighted by molar-refractivity contribution is -0.153. The molecule has 1 aliphatic rings. The summed E-state index contributed by atoms with van der Waals surface area (Å²) in [5, 5.41) is 10.1. The number of rotatable bonds is 6. The van der Waals surface area contributed by atoms with E-state index in [2.05, 4.69) is 15.9 Å². The number of hydrogen-bond acceptors (Lipinski definition) is 5. The van der Waals surface area contributed by atoms with E-state index in [4.69, 9.17) is 14.2 Å². The molecule has 1 saturated carbocycles. The molecular weight excluding hydrogens is 352 g/mol. The second kappa shape index (κ2) is 7.83. The molecule has 0 heterocycles. The van der Waals surface area contributed by atoms with Crippen LogP contribution in [0.15, 0.2) is 16.6 Å². The van der Waals surface area contributed by atoms with Crippen molar-refractivity contribution < 1.29 is 24.1 Å². The van der Waals surface area contributed by atoms with E-state index in [1.54, 1.807) is 26.2 Å². The van der Waals surface area contributed by atoms with Crippen LogP contribution in [0.1, 0.15) is 44.3 Å². The third-order valence-corrected chi connectivity index (χ3v) is 4.25. The number of aliphatic hydroxyl groups is 1. The molecule has 1 aliphatic carbocycles. The molecule has 6 heteroatoms. The maximum Gasteiger partial charge on any atom is 0.339 e. The maximum absolute atomic E-state index is 11.7. The monoisotopic (exact) mass is 372 g/mol. The fourth-order valence-corrected chi connectivity index (χ4v) is 3.20. The molecule has 1 aromatic rings. The van der Waals surface area contributed by atoms with Gasteiger partial charge in [-0.2, -0.15) is 0 Å². The Morgan fingerprint density at radius 2 is 2.09 bits per heavy atom. The molecule has 0 bridgehead atoms. The van der Waals surface area contributed by atoms with Crippen LogP contribution in [0.4, 0.5) is 0 Å². The Bertz CT molecular complexity index is 526. The predicted molar refractivity (Wildman–Crippen MR) is 85.2 cm³/mol. The van der Waals surface area contributed by atoms with Crippen LogP contribution in [0, 0.1) is 0 Å². The van der Waals surface area contributed by atoms with Gasteiger partial charge < -0.3 is 19.3 Å². The van der Waals surface area contributed by atoms with E-state index in [0.29, 0.717) is 21.5 Å². The van der Waals surface area contributed by atoms with Gasteiger partial charge >= 0.3 is 5.97 Å². The third-order valence-electron chi connectivity index (χ3n) is 3.66. The Hall–Kier alpha value is -1.27. The van der Waals surface area contributed by atoms with E-state index in [1.165, 1.54) is 0 Å². The van der Waals surface area contributed by atoms with Crippen molar-refractivity contribution in [2.75, 3.05) is 13.7 Å². The van der Waals surface area contributed by atoms with Crippen molar-refractivity contribution >= 4 is 21.9 Å². The van der Waals surface area contributed by atoms with Crippen LogP contribution in [0.25, 0.3) is 0 Å². The second-order valence-electron chi connectivity index (χ2n) is 5.21. The Morgan fingerprint density at radius 1 is 1.41 bits per heavy atom. The van der Waals surface area contributed by atoms with Gasteiger partial charge in [-0.05, 0) is 66.2 Å². The largest absolute Gasteiger partial charge is 0.492 e. The average molecular weight is 373 g/mol. The Morgan fingerprint density at radius 3 is 2.68 bits per heavy atom. The van der Waals surface area contributed by atoms with Gasteiger partial charge in [0, 0.05) is 0 Å². The van der Waals surface area contributed by atoms with E-state index in [-0.39, 0.29) is 12.7 Å². The summed E-state index contributed by atoms with van der Waals surface area (Å²) in [6.07, 6.45) is 3.12. The van der Waals surface area contributed by atoms with Crippen molar-refractivity contribution in [3.63, 3.8) is 0 Å². The summed E-state index contributed by atoms with van der Waals surface area (Å²) < 4.78 is 16.8. The highest BCUT2D eigenvalue weighted by Gasteiger charge is 2.24. The number of ether oxygens (including phenoxy) is 3. The van der Waals surface area contributed by atoms with E-state index in [0.717, 1.165) is 25.7 Å². The van der Waals surface area contributed by atoms with Crippen molar-refractivity contribution in [1.29, 1.82) is 0 Å². The quantitative estimate of drug-likeness (QED) is 0.775. The van der Waals surface area contributed by atoms with Crippen LogP contribution in [-0.2, 0) is 9.53 Å². The zero-order valence-electron chi connectivity index (χ0n) is 12.8. The van der Waals surface area contributed by atoms with Gasteiger partial charge in [0.25, 0.3) is 0 Å². The third kappa shape index (κ3) is 3.93. The lowest BCUT2D eigenvalue weighted by Gasteiger charge is -2.19. The molecule has 2 rings (SSSR count). The topological polar surface area (TPSA) is 65.0 Å². The SMILES string of the molecule is CCOC(=O)C(O)c1cc(Br)c(OC)c(OC2CCCC2)c1. The van der Waals surface area contributed by atoms with E-state index in [9.17, 15) is 9.90 Å². The number of carbonyl (C=O) groups excluding carboxylic acids is 1. The summed E-state index contributed by atoms with van der Waals surface area (Å²) in [4.78, 5) is 11.7. The molecule has 1 fully saturated rings. The molecule has 1 N–H and O–H groups in total. The Kier molecular flexibility index (Phi) is 6.08. The smallest absolute Gasteiger partial charge is 0.339 e. The highest BCUT2D eigenvalue weighted by Crippen LogP contribution is 2.40. The van der Waals surface area contributed by atoms with Crippen LogP contribution in [-0.4, -0.2) is 30.9 Å². The highest BCUT2D eigenvalue weighted by molar-refractivity contribution is 9.10. The lowest BCUT2D eigenvalue weighted by atomic mass is 10.1. The highest BCUT2D eigenvalue weighted by atomic mass is 79.9. The maximum atomic E-state index is 11.7. The molecule has 0 aromatic heterocycles. The summed E-state index contributed by atoms with van der Waals surface area (Å²) in [6.45, 7) is 1.92. The number of esters is 1. The molecular formula is C16H21BrO5. The van der Waals surface area contributed by atoms with Gasteiger partial charge in [0.1, 0.15) is 0 Å². The molecule has 22 heavy (non-hydrogen) atoms. The molecule has 0 aliphatic heterocycles. The number of benzene rings is 1. The number of methoxy groups -OCH3 is 1. The molecule has 5 nitrogen and oxygen atoms in total. The van der Waals surface area contributed by atoms with Gasteiger partial charge in [0.15, 0.2) is 17.6 Å². The summed E-state index contributed by atoms with van der Waals surface area (Å²) in [6, 6.07) is 3.28. The molecule has 0 saturated heterocycles. The van der Waals surface area contributed by atoms with Crippen LogP contribution >= 0.6 is 15.9 Å². The summed E-state index contributed by atoms with van der Waals surface area (Å²) >= 11 is 3.40. The van der Waals surface area contributed by atoms with Crippen LogP contribution in [0.3, 0.4) is 0 Å². The zero-order chi connectivity index (χ0) is 16.1. The van der Waals surface area contributed by atoms with Crippen molar-refractivity contribution in [2.24, 2.45) is 0 Å². The van der Waals surface area contributed by atoms with Crippen LogP contribution in [0.2, 0.25) is 0 Å². The summed E-state index contributed by atoms with van der Waals surface area (Å²) in [7, 11) is 1.56. The number of aliphatic hydroxyl groups excluding tert-OH is 1. The van der Waals surface area contributed by atoms with E-state index < -0.39 is 12.1 Å². The average Bonchev–Trinajstić information content (AvgIpc) is 2.99. The van der Waals surface area contributed by atoms with Crippen molar-refractivity contribution in [3.8, 4) is 11.5 Å². The van der Waals surface area contributed by atoms with Gasteiger partial charge in [0.05, 0.1) is 24.3 Å². The lowest BCUT2D eigenvalue weighted by Crippen LogP contribution is -2.16. The molecule has 1 aromatic carbocycles. The first-order valence-corrected chi connectivity index (χ1v) is 8.24. The first kappa shape index (κ1) is 17.1. The van der Waals surface area contributed by atoms with Gasteiger partial charge in [-0.1, -0.05) is 0 Å². The Labute approximate surface area is 138 Å². The summed E-state index contributed by atoms with van der Waals surface area (Å²) in [5.41, 5.74) is 0.416. The number of hydrogen-bond donors (Lipinski definition) is 1. The standard InChI is InChI=1S/C16H21BrO5/c1-3-21-16(19)14(18)10-8-12(17)15(20-2)13(9-10)22-11-6-4-5-7-11/h8-9,11,14,18H,3-7H2,1-2H3. The number of carbonyl (C=O) groups is 1. The van der Waals surface area contributed by atoms with Gasteiger partial charge in [-0.15, -0.1) is 0 Å². The Balaban J connectivity index is 2.27. The van der Waals surface area contributed by atoms with E-state index >= 15 is 0 Å². The van der Waals surface area contributed by atoms with Gasteiger partial charge in [-0.25, -0.2) is 4.79 Å². The molecule has 0 radical (unpaired) electrons. The summed E-state index contributed by atoms with van der Waals surface area (Å²) in [5.74, 6) is 0.417. The fourth-order valence-electron chi connectivity index (χ4n) is 2.57. The van der Waals surface area contributed by atoms with Crippen LogP contribution < -0.4 is 9.47 Å². The molecule has 1 atom stereocenters. The molecule has 1 unspecified atom stereocenters. The van der Waals surface area contributed by atoms with Gasteiger partial charge in [0.2, 0.25) is 0 Å². The minimum absolute atomic E-state index is 0.149. The minimum Gasteiger partial charge on any atom is -0.492 e. The predicted octanol–water partition coefficient (Wildman–Crippen LogP) is 3.38. The first-order chi connectivity index (χ1) is 10.6. The van der Waals surface area contributed by atoms with Crippen molar-refractivity contribution in [2.45, 2.75) is 44.8 Å². The zero-order valence-corrected chi connectivity index (χ0v) is 14.4. The van der Waals surface area contributed by atoms with Gasteiger partial charge in [-0.3, -0.25) is 0 Å². The molecule has 0 spiro atoms. The van der Waals surface area contributed by atoms with Crippen molar-refractivity contribution in [3.05, 3.63) is 22.2 Å². The van der Waals surface area contributed by atoms with Crippen LogP contribution in [0.5, 0.6) is 11.5 Å². The normalized spacial score (nSPS) is 16.4. The van der Waals surface area contributed by atoms with Crippen molar-refractivity contribution in [1.82, 2.24) is 0 Å². The number of halogens is 1. The first-order valence-electron chi connectivity index (χ1n) is 7.45. The minimum atomic E-state index is -1.34. The fraction of sp³-hybridized carbons (Fsp3) is 0.562. The second-order valence-corrected chi connectivity index (χ2v) is 6.07. The molecule has 122 valence electrons. The molecule has 0 amide bonds.